The minimum Gasteiger partial charge on any atom is -0.280 e. The molecule has 0 saturated heterocycles. The van der Waals surface area contributed by atoms with E-state index in [0.717, 1.165) is 24.0 Å². The van der Waals surface area contributed by atoms with Crippen molar-refractivity contribution in [1.82, 2.24) is 19.5 Å². The van der Waals surface area contributed by atoms with Gasteiger partial charge in [-0.3, -0.25) is 4.57 Å². The first-order valence-electron chi connectivity index (χ1n) is 14.9. The second-order valence-electron chi connectivity index (χ2n) is 11.2. The van der Waals surface area contributed by atoms with Crippen LogP contribution in [0.5, 0.6) is 0 Å². The second kappa shape index (κ2) is 10.1. The van der Waals surface area contributed by atoms with Gasteiger partial charge < -0.3 is 0 Å². The maximum absolute atomic E-state index is 5.19. The van der Waals surface area contributed by atoms with Crippen molar-refractivity contribution in [1.29, 1.82) is 0 Å². The minimum absolute atomic E-state index is 0.658. The molecule has 0 amide bonds. The van der Waals surface area contributed by atoms with Gasteiger partial charge in [0.25, 0.3) is 0 Å². The van der Waals surface area contributed by atoms with Crippen LogP contribution in [0.25, 0.3) is 71.4 Å². The van der Waals surface area contributed by atoms with Crippen molar-refractivity contribution >= 4 is 54.1 Å². The van der Waals surface area contributed by atoms with Crippen LogP contribution in [-0.4, -0.2) is 19.5 Å². The quantitative estimate of drug-likeness (QED) is 0.207. The zero-order valence-electron chi connectivity index (χ0n) is 23.8. The number of benzene rings is 5. The van der Waals surface area contributed by atoms with Crippen molar-refractivity contribution in [3.8, 4) is 28.7 Å². The predicted molar refractivity (Wildman–Crippen MR) is 183 cm³/mol. The highest BCUT2D eigenvalue weighted by Gasteiger charge is 2.26. The molecule has 8 aromatic rings. The first-order valence-corrected chi connectivity index (χ1v) is 15.7. The molecule has 4 nitrogen and oxygen atoms in total. The fourth-order valence-corrected chi connectivity index (χ4v) is 7.77. The molecular weight excluding hydrogens is 557 g/mol. The van der Waals surface area contributed by atoms with Gasteiger partial charge in [0.1, 0.15) is 0 Å². The molecule has 0 aliphatic heterocycles. The summed E-state index contributed by atoms with van der Waals surface area (Å²) in [4.78, 5) is 15.4. The minimum atomic E-state index is 0.658. The lowest BCUT2D eigenvalue weighted by Crippen LogP contribution is -2.11. The van der Waals surface area contributed by atoms with Gasteiger partial charge in [-0.25, -0.2) is 4.98 Å². The molecule has 208 valence electrons. The van der Waals surface area contributed by atoms with E-state index in [9.17, 15) is 0 Å². The number of rotatable bonds is 4. The van der Waals surface area contributed by atoms with Gasteiger partial charge in [0.05, 0.1) is 10.2 Å². The number of aromatic nitrogens is 4. The molecule has 0 saturated carbocycles. The second-order valence-corrected chi connectivity index (χ2v) is 12.2. The molecule has 9 rings (SSSR count). The van der Waals surface area contributed by atoms with Crippen LogP contribution >= 0.6 is 11.3 Å². The van der Waals surface area contributed by atoms with Gasteiger partial charge >= 0.3 is 0 Å². The monoisotopic (exact) mass is 582 g/mol. The van der Waals surface area contributed by atoms with Gasteiger partial charge in [0, 0.05) is 43.2 Å². The van der Waals surface area contributed by atoms with E-state index in [1.807, 2.05) is 47.7 Å². The number of allylic oxidation sites excluding steroid dienone is 1. The lowest BCUT2D eigenvalue weighted by molar-refractivity contribution is 0.845. The molecular formula is C39H26N4S. The van der Waals surface area contributed by atoms with E-state index in [4.69, 9.17) is 15.0 Å². The molecule has 0 spiro atoms. The molecule has 0 atom stereocenters. The van der Waals surface area contributed by atoms with Crippen LogP contribution in [0.1, 0.15) is 23.2 Å². The standard InChI is InChI=1S/C39H26N4S/c1-4-12-25(13-5-1)28-20-23-33-32(24-28)30-21-22-31-29-18-10-11-19-34(29)44-36(31)35(30)43(33)39-41-37(26-14-6-2-7-15-26)40-38(42-39)27-16-8-3-9-17-27/h1-19,21-22,24H,20,23H2. The Balaban J connectivity index is 1.39. The number of fused-ring (bicyclic) bond motifs is 7. The van der Waals surface area contributed by atoms with Crippen LogP contribution < -0.4 is 0 Å². The van der Waals surface area contributed by atoms with Gasteiger partial charge in [-0.05, 0) is 36.1 Å². The Hall–Kier alpha value is -5.39. The highest BCUT2D eigenvalue weighted by atomic mass is 32.1. The highest BCUT2D eigenvalue weighted by molar-refractivity contribution is 7.26. The van der Waals surface area contributed by atoms with E-state index in [2.05, 4.69) is 102 Å². The third-order valence-corrected chi connectivity index (χ3v) is 9.79. The van der Waals surface area contributed by atoms with Crippen molar-refractivity contribution in [2.24, 2.45) is 0 Å². The molecule has 5 aromatic carbocycles. The summed E-state index contributed by atoms with van der Waals surface area (Å²) in [5, 5.41) is 3.78. The third kappa shape index (κ3) is 4.01. The number of hydrogen-bond acceptors (Lipinski definition) is 4. The molecule has 3 aromatic heterocycles. The van der Waals surface area contributed by atoms with Crippen LogP contribution in [0.15, 0.2) is 127 Å². The lowest BCUT2D eigenvalue weighted by atomic mass is 9.91. The Bertz CT molecular complexity index is 2310. The van der Waals surface area contributed by atoms with Gasteiger partial charge in [-0.1, -0.05) is 121 Å². The molecule has 0 unspecified atom stereocenters. The fraction of sp³-hybridized carbons (Fsp3) is 0.0513. The van der Waals surface area contributed by atoms with Gasteiger partial charge in [-0.2, -0.15) is 9.97 Å². The number of thiophene rings is 1. The molecule has 1 aliphatic carbocycles. The summed E-state index contributed by atoms with van der Waals surface area (Å²) in [6.07, 6.45) is 4.23. The SMILES string of the molecule is C1=C(c2ccccc2)CCc2c1c1ccc3c4ccccc4sc3c1n2-c1nc(-c2ccccc2)nc(-c2ccccc2)n1. The highest BCUT2D eigenvalue weighted by Crippen LogP contribution is 2.44. The van der Waals surface area contributed by atoms with Crippen LogP contribution in [0.3, 0.4) is 0 Å². The summed E-state index contributed by atoms with van der Waals surface area (Å²) in [6.45, 7) is 0. The molecule has 5 heteroatoms. The summed E-state index contributed by atoms with van der Waals surface area (Å²) in [7, 11) is 0. The Labute approximate surface area is 258 Å². The predicted octanol–water partition coefficient (Wildman–Crippen LogP) is 10.0. The summed E-state index contributed by atoms with van der Waals surface area (Å²) in [5.74, 6) is 2.00. The average Bonchev–Trinajstić information content (AvgIpc) is 3.65. The van der Waals surface area contributed by atoms with Crippen molar-refractivity contribution < 1.29 is 0 Å². The van der Waals surface area contributed by atoms with E-state index < -0.39 is 0 Å². The van der Waals surface area contributed by atoms with Crippen molar-refractivity contribution in [2.45, 2.75) is 12.8 Å². The summed E-state index contributed by atoms with van der Waals surface area (Å²) >= 11 is 1.85. The average molecular weight is 583 g/mol. The van der Waals surface area contributed by atoms with E-state index >= 15 is 0 Å². The first kappa shape index (κ1) is 25.1. The Morgan fingerprint density at radius 1 is 0.523 bits per heavy atom. The maximum Gasteiger partial charge on any atom is 0.238 e. The Morgan fingerprint density at radius 2 is 1.11 bits per heavy atom. The van der Waals surface area contributed by atoms with E-state index in [1.165, 1.54) is 53.5 Å². The largest absolute Gasteiger partial charge is 0.280 e. The van der Waals surface area contributed by atoms with E-state index in [1.54, 1.807) is 0 Å². The normalized spacial score (nSPS) is 13.0. The van der Waals surface area contributed by atoms with Gasteiger partial charge in [0.15, 0.2) is 11.6 Å². The Morgan fingerprint density at radius 3 is 1.80 bits per heavy atom. The van der Waals surface area contributed by atoms with Crippen LogP contribution in [0.2, 0.25) is 0 Å². The summed E-state index contributed by atoms with van der Waals surface area (Å²) < 4.78 is 4.88. The first-order chi connectivity index (χ1) is 21.8. The maximum atomic E-state index is 5.19. The zero-order chi connectivity index (χ0) is 29.0. The summed E-state index contributed by atoms with van der Waals surface area (Å²) in [5.41, 5.74) is 8.25. The summed E-state index contributed by atoms with van der Waals surface area (Å²) in [6, 6.07) is 44.5. The molecule has 0 bridgehead atoms. The smallest absolute Gasteiger partial charge is 0.238 e. The molecule has 44 heavy (non-hydrogen) atoms. The van der Waals surface area contributed by atoms with Crippen molar-refractivity contribution in [3.05, 3.63) is 144 Å². The van der Waals surface area contributed by atoms with Crippen LogP contribution in [0.4, 0.5) is 0 Å². The molecule has 1 aliphatic rings. The van der Waals surface area contributed by atoms with Crippen LogP contribution in [0, 0.1) is 0 Å². The van der Waals surface area contributed by atoms with E-state index in [-0.39, 0.29) is 0 Å². The van der Waals surface area contributed by atoms with Crippen molar-refractivity contribution in [3.63, 3.8) is 0 Å². The molecule has 0 fully saturated rings. The van der Waals surface area contributed by atoms with E-state index in [0.29, 0.717) is 17.6 Å². The number of hydrogen-bond donors (Lipinski definition) is 0. The number of nitrogens with zero attached hydrogens (tertiary/aromatic N) is 4. The lowest BCUT2D eigenvalue weighted by Gasteiger charge is -2.17. The molecule has 0 N–H and O–H groups in total. The van der Waals surface area contributed by atoms with Crippen LogP contribution in [-0.2, 0) is 6.42 Å². The zero-order valence-corrected chi connectivity index (χ0v) is 24.6. The molecule has 0 radical (unpaired) electrons. The van der Waals surface area contributed by atoms with Gasteiger partial charge in [-0.15, -0.1) is 11.3 Å². The fourth-order valence-electron chi connectivity index (χ4n) is 6.53. The topological polar surface area (TPSA) is 43.6 Å². The molecule has 3 heterocycles. The third-order valence-electron chi connectivity index (χ3n) is 8.60. The van der Waals surface area contributed by atoms with Crippen molar-refractivity contribution in [2.75, 3.05) is 0 Å². The Kier molecular flexibility index (Phi) is 5.78. The van der Waals surface area contributed by atoms with Gasteiger partial charge in [0.2, 0.25) is 5.95 Å².